The molecule has 0 unspecified atom stereocenters. The molecule has 222 valence electrons. The van der Waals surface area contributed by atoms with Gasteiger partial charge in [-0.1, -0.05) is 162 Å². The Morgan fingerprint density at radius 2 is 1.02 bits per heavy atom. The third-order valence-corrected chi connectivity index (χ3v) is 19.3. The number of hydrogen-bond acceptors (Lipinski definition) is 3. The van der Waals surface area contributed by atoms with E-state index in [1.165, 1.54) is 20.8 Å². The minimum Gasteiger partial charge on any atom is -0.402 e. The van der Waals surface area contributed by atoms with Crippen LogP contribution in [-0.2, 0) is 8.85 Å². The van der Waals surface area contributed by atoms with Crippen LogP contribution in [0.25, 0.3) is 0 Å². The summed E-state index contributed by atoms with van der Waals surface area (Å²) in [5.41, 5.74) is 2.16. The Bertz CT molecular complexity index is 1350. The van der Waals surface area contributed by atoms with E-state index in [0.717, 1.165) is 5.56 Å². The van der Waals surface area contributed by atoms with Gasteiger partial charge in [0.05, 0.1) is 0 Å². The molecule has 5 heteroatoms. The van der Waals surface area contributed by atoms with Crippen LogP contribution in [0.4, 0.5) is 0 Å². The van der Waals surface area contributed by atoms with Crippen LogP contribution in [0, 0.1) is 6.92 Å². The van der Waals surface area contributed by atoms with Gasteiger partial charge in [0, 0.05) is 4.90 Å². The molecule has 2 atom stereocenters. The van der Waals surface area contributed by atoms with Gasteiger partial charge >= 0.3 is 0 Å². The highest BCUT2D eigenvalue weighted by atomic mass is 32.2. The van der Waals surface area contributed by atoms with Crippen molar-refractivity contribution in [1.82, 2.24) is 0 Å². The van der Waals surface area contributed by atoms with Gasteiger partial charge in [0.15, 0.2) is 8.32 Å². The zero-order valence-corrected chi connectivity index (χ0v) is 29.7. The van der Waals surface area contributed by atoms with Crippen molar-refractivity contribution >= 4 is 38.8 Å². The zero-order valence-electron chi connectivity index (χ0n) is 26.8. The monoisotopic (exact) mass is 612 g/mol. The van der Waals surface area contributed by atoms with E-state index in [9.17, 15) is 0 Å². The average Bonchev–Trinajstić information content (AvgIpc) is 2.95. The molecule has 2 nitrogen and oxygen atoms in total. The second-order valence-electron chi connectivity index (χ2n) is 13.8. The summed E-state index contributed by atoms with van der Waals surface area (Å²) in [7, 11) is -5.08. The molecule has 0 aliphatic heterocycles. The second-order valence-corrected chi connectivity index (χ2v) is 24.0. The smallest absolute Gasteiger partial charge is 0.262 e. The molecule has 0 fully saturated rings. The molecular weight excluding hydrogens is 565 g/mol. The lowest BCUT2D eigenvalue weighted by molar-refractivity contribution is 0.0904. The molecule has 0 heterocycles. The predicted octanol–water partition coefficient (Wildman–Crippen LogP) is 9.75. The van der Waals surface area contributed by atoms with E-state index >= 15 is 0 Å². The van der Waals surface area contributed by atoms with Gasteiger partial charge in [0.25, 0.3) is 8.32 Å². The predicted molar refractivity (Wildman–Crippen MR) is 187 cm³/mol. The number of thioether (sulfide) groups is 1. The van der Waals surface area contributed by atoms with E-state index in [4.69, 9.17) is 8.85 Å². The molecule has 0 bridgehead atoms. The third-order valence-electron chi connectivity index (χ3n) is 8.59. The fourth-order valence-electron chi connectivity index (χ4n) is 5.17. The van der Waals surface area contributed by atoms with Gasteiger partial charge in [0.1, 0.15) is 11.5 Å². The fraction of sp³-hybridized carbons (Fsp3) is 0.351. The van der Waals surface area contributed by atoms with Crippen molar-refractivity contribution in [2.24, 2.45) is 0 Å². The molecule has 0 aliphatic rings. The second kappa shape index (κ2) is 13.1. The van der Waals surface area contributed by atoms with E-state index in [2.05, 4.69) is 177 Å². The van der Waals surface area contributed by atoms with E-state index in [1.807, 2.05) is 0 Å². The molecule has 4 rings (SSSR count). The van der Waals surface area contributed by atoms with Crippen LogP contribution in [0.1, 0.15) is 58.8 Å². The molecule has 0 radical (unpaired) electrons. The van der Waals surface area contributed by atoms with Crippen LogP contribution in [0.2, 0.25) is 23.2 Å². The fourth-order valence-corrected chi connectivity index (χ4v) is 12.8. The maximum absolute atomic E-state index is 7.89. The number of benzene rings is 4. The molecule has 0 saturated carbocycles. The molecule has 0 saturated heterocycles. The molecular formula is C37H48O2SSi2. The number of rotatable bonds is 10. The first-order valence-electron chi connectivity index (χ1n) is 15.0. The van der Waals surface area contributed by atoms with Crippen molar-refractivity contribution < 1.29 is 8.85 Å². The van der Waals surface area contributed by atoms with Crippen LogP contribution in [0.5, 0.6) is 0 Å². The maximum atomic E-state index is 7.89. The molecule has 0 spiro atoms. The van der Waals surface area contributed by atoms with Crippen molar-refractivity contribution in [1.29, 1.82) is 0 Å². The van der Waals surface area contributed by atoms with Gasteiger partial charge in [-0.05, 0) is 58.2 Å². The molecule has 0 N–H and O–H groups in total. The Morgan fingerprint density at radius 3 is 1.45 bits per heavy atom. The SMILES string of the molecule is Cc1ccc(S[C@H](O[Si](C)(C)C(C)(C)C)[C@@H](O[Si](c2ccccc2)(c2ccccc2)C(C)(C)C)c2ccccc2)cc1. The van der Waals surface area contributed by atoms with Gasteiger partial charge in [-0.25, -0.2) is 0 Å². The Kier molecular flexibility index (Phi) is 10.1. The van der Waals surface area contributed by atoms with Crippen molar-refractivity contribution in [2.75, 3.05) is 0 Å². The highest BCUT2D eigenvalue weighted by Crippen LogP contribution is 2.47. The van der Waals surface area contributed by atoms with Crippen LogP contribution < -0.4 is 10.4 Å². The summed E-state index contributed by atoms with van der Waals surface area (Å²) in [6.07, 6.45) is -0.294. The summed E-state index contributed by atoms with van der Waals surface area (Å²) in [4.78, 5) is 1.19. The first-order valence-corrected chi connectivity index (χ1v) is 20.7. The van der Waals surface area contributed by atoms with Crippen molar-refractivity contribution in [3.8, 4) is 0 Å². The van der Waals surface area contributed by atoms with Crippen LogP contribution in [0.15, 0.2) is 120 Å². The summed E-state index contributed by atoms with van der Waals surface area (Å²) in [5.74, 6) is 0. The molecule has 4 aromatic carbocycles. The largest absolute Gasteiger partial charge is 0.402 e. The highest BCUT2D eigenvalue weighted by Gasteiger charge is 2.53. The van der Waals surface area contributed by atoms with E-state index < -0.39 is 16.6 Å². The molecule has 42 heavy (non-hydrogen) atoms. The lowest BCUT2D eigenvalue weighted by Gasteiger charge is -2.48. The Balaban J connectivity index is 1.96. The van der Waals surface area contributed by atoms with Gasteiger partial charge in [-0.2, -0.15) is 0 Å². The van der Waals surface area contributed by atoms with Gasteiger partial charge in [0.2, 0.25) is 0 Å². The van der Waals surface area contributed by atoms with Crippen LogP contribution in [0.3, 0.4) is 0 Å². The Hall–Kier alpha value is -2.42. The maximum Gasteiger partial charge on any atom is 0.262 e. The number of hydrogen-bond donors (Lipinski definition) is 0. The van der Waals surface area contributed by atoms with Crippen molar-refractivity contribution in [2.45, 2.75) is 88.1 Å². The van der Waals surface area contributed by atoms with Crippen molar-refractivity contribution in [3.63, 3.8) is 0 Å². The lowest BCUT2D eigenvalue weighted by atomic mass is 10.1. The van der Waals surface area contributed by atoms with Crippen molar-refractivity contribution in [3.05, 3.63) is 126 Å². The third kappa shape index (κ3) is 7.20. The Labute approximate surface area is 261 Å². The first-order chi connectivity index (χ1) is 19.7. The summed E-state index contributed by atoms with van der Waals surface area (Å²) in [5, 5.41) is 2.45. The summed E-state index contributed by atoms with van der Waals surface area (Å²) < 4.78 is 15.3. The lowest BCUT2D eigenvalue weighted by Crippen LogP contribution is -2.67. The minimum absolute atomic E-state index is 0.0533. The summed E-state index contributed by atoms with van der Waals surface area (Å²) in [6.45, 7) is 20.8. The molecule has 4 aromatic rings. The standard InChI is InChI=1S/C37H48O2SSi2/c1-29-25-27-31(28-26-29)40-35(39-41(8,9)36(2,3)4)34(30-19-13-10-14-20-30)38-42(37(5,6)7,32-21-15-11-16-22-32)33-23-17-12-18-24-33/h10-28,34-35H,1-9H3/t34-,35-/m0/s1. The van der Waals surface area contributed by atoms with Crippen LogP contribution in [-0.4, -0.2) is 22.1 Å². The normalized spacial score (nSPS) is 14.4. The summed E-state index contributed by atoms with van der Waals surface area (Å²) in [6, 6.07) is 41.4. The van der Waals surface area contributed by atoms with E-state index in [0.29, 0.717) is 0 Å². The first kappa shape index (κ1) is 32.5. The zero-order chi connectivity index (χ0) is 30.6. The average molecular weight is 613 g/mol. The van der Waals surface area contributed by atoms with Gasteiger partial charge < -0.3 is 8.85 Å². The number of aryl methyl sites for hydroxylation is 1. The molecule has 0 aromatic heterocycles. The highest BCUT2D eigenvalue weighted by molar-refractivity contribution is 7.99. The minimum atomic E-state index is -2.88. The van der Waals surface area contributed by atoms with E-state index in [-0.39, 0.29) is 21.6 Å². The van der Waals surface area contributed by atoms with Crippen LogP contribution >= 0.6 is 11.8 Å². The Morgan fingerprint density at radius 1 is 0.571 bits per heavy atom. The molecule has 0 amide bonds. The summed E-state index contributed by atoms with van der Waals surface area (Å²) >= 11 is 1.79. The topological polar surface area (TPSA) is 18.5 Å². The quantitative estimate of drug-likeness (QED) is 0.101. The van der Waals surface area contributed by atoms with E-state index in [1.54, 1.807) is 11.8 Å². The van der Waals surface area contributed by atoms with Gasteiger partial charge in [-0.3, -0.25) is 0 Å². The van der Waals surface area contributed by atoms with Gasteiger partial charge in [-0.15, -0.1) is 0 Å². The molecule has 0 aliphatic carbocycles.